The van der Waals surface area contributed by atoms with Gasteiger partial charge >= 0.3 is 0 Å². The van der Waals surface area contributed by atoms with E-state index < -0.39 is 0 Å². The number of aromatic nitrogens is 2. The number of aromatic amines is 1. The molecule has 2 heterocycles. The van der Waals surface area contributed by atoms with E-state index in [-0.39, 0.29) is 5.82 Å². The Bertz CT molecular complexity index is 1220. The average Bonchev–Trinajstić information content (AvgIpc) is 3.12. The molecular formula is C22H13BrFN3S. The maximum absolute atomic E-state index is 13.2. The molecular weight excluding hydrogens is 437 g/mol. The van der Waals surface area contributed by atoms with Crippen molar-refractivity contribution in [2.45, 2.75) is 9.79 Å². The number of nitriles is 1. The standard InChI is InChI=1S/C22H13BrFN3S/c23-16-1-6-21-19(10-16)20(13-27-21)14(11-25)9-15-12-26-8-7-22(15)28-18-4-2-17(24)3-5-18/h1-10,12-13,27H/b14-9+. The van der Waals surface area contributed by atoms with E-state index in [0.717, 1.165) is 36.3 Å². The molecule has 0 aliphatic heterocycles. The van der Waals surface area contributed by atoms with E-state index in [1.165, 1.54) is 23.9 Å². The molecule has 3 nitrogen and oxygen atoms in total. The summed E-state index contributed by atoms with van der Waals surface area (Å²) >= 11 is 4.99. The molecule has 28 heavy (non-hydrogen) atoms. The van der Waals surface area contributed by atoms with Gasteiger partial charge in [-0.1, -0.05) is 27.7 Å². The zero-order chi connectivity index (χ0) is 19.5. The minimum atomic E-state index is -0.267. The zero-order valence-corrected chi connectivity index (χ0v) is 16.9. The molecule has 0 aliphatic rings. The van der Waals surface area contributed by atoms with Crippen LogP contribution < -0.4 is 0 Å². The van der Waals surface area contributed by atoms with E-state index in [9.17, 15) is 9.65 Å². The summed E-state index contributed by atoms with van der Waals surface area (Å²) in [5.41, 5.74) is 3.17. The Morgan fingerprint density at radius 1 is 1.18 bits per heavy atom. The lowest BCUT2D eigenvalue weighted by atomic mass is 10.0. The number of H-pyrrole nitrogens is 1. The molecule has 6 heteroatoms. The van der Waals surface area contributed by atoms with Crippen molar-refractivity contribution in [1.29, 1.82) is 5.26 Å². The van der Waals surface area contributed by atoms with Crippen molar-refractivity contribution >= 4 is 50.2 Å². The van der Waals surface area contributed by atoms with Gasteiger partial charge < -0.3 is 4.98 Å². The summed E-state index contributed by atoms with van der Waals surface area (Å²) < 4.78 is 14.1. The van der Waals surface area contributed by atoms with Crippen molar-refractivity contribution in [3.8, 4) is 6.07 Å². The second kappa shape index (κ2) is 8.01. The maximum Gasteiger partial charge on any atom is 0.123 e. The zero-order valence-electron chi connectivity index (χ0n) is 14.5. The van der Waals surface area contributed by atoms with Gasteiger partial charge in [-0.25, -0.2) is 4.39 Å². The molecule has 0 bridgehead atoms. The van der Waals surface area contributed by atoms with Crippen LogP contribution in [0.1, 0.15) is 11.1 Å². The fourth-order valence-corrected chi connectivity index (χ4v) is 4.11. The van der Waals surface area contributed by atoms with Gasteiger partial charge in [-0.3, -0.25) is 4.98 Å². The van der Waals surface area contributed by atoms with Gasteiger partial charge in [-0.2, -0.15) is 5.26 Å². The summed E-state index contributed by atoms with van der Waals surface area (Å²) in [5, 5.41) is 10.8. The van der Waals surface area contributed by atoms with Crippen LogP contribution in [-0.2, 0) is 0 Å². The summed E-state index contributed by atoms with van der Waals surface area (Å²) in [6, 6.07) is 16.4. The lowest BCUT2D eigenvalue weighted by Gasteiger charge is -2.06. The number of pyridine rings is 1. The molecule has 4 aromatic rings. The highest BCUT2D eigenvalue weighted by Crippen LogP contribution is 2.33. The maximum atomic E-state index is 13.2. The molecule has 0 fully saturated rings. The van der Waals surface area contributed by atoms with E-state index in [1.807, 2.05) is 36.5 Å². The van der Waals surface area contributed by atoms with Crippen molar-refractivity contribution in [1.82, 2.24) is 9.97 Å². The third-order valence-corrected chi connectivity index (χ3v) is 5.80. The highest BCUT2D eigenvalue weighted by molar-refractivity contribution is 9.10. The van der Waals surface area contributed by atoms with Gasteiger partial charge in [0.2, 0.25) is 0 Å². The third kappa shape index (κ3) is 3.86. The number of nitrogens with zero attached hydrogens (tertiary/aromatic N) is 2. The van der Waals surface area contributed by atoms with Crippen molar-refractivity contribution in [2.75, 3.05) is 0 Å². The normalized spacial score (nSPS) is 11.5. The highest BCUT2D eigenvalue weighted by Gasteiger charge is 2.11. The minimum Gasteiger partial charge on any atom is -0.361 e. The fraction of sp³-hybridized carbons (Fsp3) is 0. The first-order chi connectivity index (χ1) is 13.6. The molecule has 1 N–H and O–H groups in total. The molecule has 0 radical (unpaired) electrons. The summed E-state index contributed by atoms with van der Waals surface area (Å²) in [6.45, 7) is 0. The van der Waals surface area contributed by atoms with Crippen molar-refractivity contribution in [2.24, 2.45) is 0 Å². The van der Waals surface area contributed by atoms with Crippen LogP contribution in [0.4, 0.5) is 4.39 Å². The number of benzene rings is 2. The molecule has 0 atom stereocenters. The predicted octanol–water partition coefficient (Wildman–Crippen LogP) is 6.68. The second-order valence-electron chi connectivity index (χ2n) is 6.03. The molecule has 0 unspecified atom stereocenters. The Balaban J connectivity index is 1.75. The first-order valence-electron chi connectivity index (χ1n) is 8.40. The molecule has 2 aromatic carbocycles. The topological polar surface area (TPSA) is 52.5 Å². The van der Waals surface area contributed by atoms with Gasteiger partial charge in [0.15, 0.2) is 0 Å². The van der Waals surface area contributed by atoms with Crippen LogP contribution >= 0.6 is 27.7 Å². The summed E-state index contributed by atoms with van der Waals surface area (Å²) in [7, 11) is 0. The number of hydrogen-bond donors (Lipinski definition) is 1. The first kappa shape index (κ1) is 18.5. The quantitative estimate of drug-likeness (QED) is 0.353. The van der Waals surface area contributed by atoms with Crippen LogP contribution in [0.3, 0.4) is 0 Å². The van der Waals surface area contributed by atoms with Gasteiger partial charge in [0.05, 0.1) is 11.6 Å². The van der Waals surface area contributed by atoms with Crippen LogP contribution in [0.2, 0.25) is 0 Å². The Morgan fingerprint density at radius 3 is 2.79 bits per heavy atom. The van der Waals surface area contributed by atoms with E-state index in [2.05, 4.69) is 32.0 Å². The third-order valence-electron chi connectivity index (χ3n) is 4.21. The number of rotatable bonds is 4. The largest absolute Gasteiger partial charge is 0.361 e. The lowest BCUT2D eigenvalue weighted by molar-refractivity contribution is 0.626. The van der Waals surface area contributed by atoms with E-state index in [1.54, 1.807) is 24.5 Å². The first-order valence-corrected chi connectivity index (χ1v) is 10.0. The summed E-state index contributed by atoms with van der Waals surface area (Å²) in [6.07, 6.45) is 7.11. The summed E-state index contributed by atoms with van der Waals surface area (Å²) in [5.74, 6) is -0.267. The Morgan fingerprint density at radius 2 is 2.00 bits per heavy atom. The van der Waals surface area contributed by atoms with Crippen LogP contribution in [0.25, 0.3) is 22.6 Å². The van der Waals surface area contributed by atoms with Gasteiger partial charge in [-0.15, -0.1) is 0 Å². The van der Waals surface area contributed by atoms with Crippen LogP contribution in [0.5, 0.6) is 0 Å². The molecule has 0 saturated carbocycles. The smallest absolute Gasteiger partial charge is 0.123 e. The number of nitrogens with one attached hydrogen (secondary N) is 1. The van der Waals surface area contributed by atoms with E-state index >= 15 is 0 Å². The van der Waals surface area contributed by atoms with Crippen molar-refractivity contribution in [3.63, 3.8) is 0 Å². The average molecular weight is 450 g/mol. The molecule has 2 aromatic heterocycles. The molecule has 136 valence electrons. The van der Waals surface area contributed by atoms with Gasteiger partial charge in [0, 0.05) is 54.9 Å². The van der Waals surface area contributed by atoms with Crippen LogP contribution in [-0.4, -0.2) is 9.97 Å². The monoisotopic (exact) mass is 449 g/mol. The van der Waals surface area contributed by atoms with Crippen molar-refractivity contribution < 1.29 is 4.39 Å². The van der Waals surface area contributed by atoms with Crippen LogP contribution in [0.15, 0.2) is 81.4 Å². The van der Waals surface area contributed by atoms with E-state index in [4.69, 9.17) is 0 Å². The summed E-state index contributed by atoms with van der Waals surface area (Å²) in [4.78, 5) is 9.26. The Labute approximate surface area is 174 Å². The van der Waals surface area contributed by atoms with E-state index in [0.29, 0.717) is 5.57 Å². The molecule has 0 saturated heterocycles. The lowest BCUT2D eigenvalue weighted by Crippen LogP contribution is -1.86. The number of hydrogen-bond acceptors (Lipinski definition) is 3. The van der Waals surface area contributed by atoms with Crippen molar-refractivity contribution in [3.05, 3.63) is 88.5 Å². The SMILES string of the molecule is N#C/C(=C\c1cnccc1Sc1ccc(F)cc1)c1c[nH]c2ccc(Br)cc12. The molecule has 0 amide bonds. The fourth-order valence-electron chi connectivity index (χ4n) is 2.87. The minimum absolute atomic E-state index is 0.267. The Kier molecular flexibility index (Phi) is 5.29. The van der Waals surface area contributed by atoms with Gasteiger partial charge in [0.25, 0.3) is 0 Å². The highest BCUT2D eigenvalue weighted by atomic mass is 79.9. The molecule has 4 rings (SSSR count). The van der Waals surface area contributed by atoms with Crippen LogP contribution in [0, 0.1) is 17.1 Å². The number of halogens is 2. The second-order valence-corrected chi connectivity index (χ2v) is 8.06. The Hall–Kier alpha value is -2.88. The molecule has 0 spiro atoms. The number of allylic oxidation sites excluding steroid dienone is 1. The van der Waals surface area contributed by atoms with Gasteiger partial charge in [0.1, 0.15) is 5.82 Å². The van der Waals surface area contributed by atoms with Gasteiger partial charge in [-0.05, 0) is 54.6 Å². The predicted molar refractivity (Wildman–Crippen MR) is 114 cm³/mol. The molecule has 0 aliphatic carbocycles. The number of fused-ring (bicyclic) bond motifs is 1.